The monoisotopic (exact) mass is 311 g/mol. The van der Waals surface area contributed by atoms with Crippen molar-refractivity contribution in [3.63, 3.8) is 0 Å². The van der Waals surface area contributed by atoms with Crippen LogP contribution in [0.2, 0.25) is 0 Å². The van der Waals surface area contributed by atoms with E-state index in [0.717, 1.165) is 29.8 Å². The second kappa shape index (κ2) is 6.75. The Morgan fingerprint density at radius 2 is 2.24 bits per heavy atom. The first-order chi connectivity index (χ1) is 9.98. The lowest BCUT2D eigenvalue weighted by atomic mass is 9.62. The molecule has 2 amide bonds. The molecule has 1 heterocycles. The minimum absolute atomic E-state index is 0.0128. The zero-order valence-electron chi connectivity index (χ0n) is 13.0. The van der Waals surface area contributed by atoms with Gasteiger partial charge in [-0.05, 0) is 25.7 Å². The zero-order chi connectivity index (χ0) is 15.5. The molecule has 1 aliphatic carbocycles. The van der Waals surface area contributed by atoms with E-state index in [1.807, 2.05) is 6.92 Å². The summed E-state index contributed by atoms with van der Waals surface area (Å²) in [7, 11) is 0. The molecular weight excluding hydrogens is 286 g/mol. The van der Waals surface area contributed by atoms with Crippen LogP contribution < -0.4 is 10.6 Å². The summed E-state index contributed by atoms with van der Waals surface area (Å²) in [6.07, 6.45) is 3.11. The van der Waals surface area contributed by atoms with E-state index >= 15 is 0 Å². The first-order valence-corrected chi connectivity index (χ1v) is 8.40. The normalized spacial score (nSPS) is 18.1. The van der Waals surface area contributed by atoms with Gasteiger partial charge in [0.05, 0.1) is 24.4 Å². The summed E-state index contributed by atoms with van der Waals surface area (Å²) in [5.74, 6) is 0.299. The van der Waals surface area contributed by atoms with Gasteiger partial charge in [-0.2, -0.15) is 0 Å². The lowest BCUT2D eigenvalue weighted by Gasteiger charge is -2.48. The number of hydrogen-bond acceptors (Lipinski definition) is 4. The van der Waals surface area contributed by atoms with Gasteiger partial charge >= 0.3 is 6.03 Å². The molecule has 1 atom stereocenters. The summed E-state index contributed by atoms with van der Waals surface area (Å²) in [6, 6.07) is -0.153. The van der Waals surface area contributed by atoms with Crippen LogP contribution in [0.25, 0.3) is 0 Å². The van der Waals surface area contributed by atoms with Crippen molar-refractivity contribution in [1.82, 2.24) is 15.6 Å². The molecule has 0 aromatic carbocycles. The van der Waals surface area contributed by atoms with Crippen molar-refractivity contribution >= 4 is 17.4 Å². The lowest BCUT2D eigenvalue weighted by Crippen LogP contribution is -2.57. The number of aryl methyl sites for hydroxylation is 1. The van der Waals surface area contributed by atoms with Crippen LogP contribution in [0.15, 0.2) is 5.51 Å². The summed E-state index contributed by atoms with van der Waals surface area (Å²) in [6.45, 7) is 6.77. The van der Waals surface area contributed by atoms with Crippen LogP contribution in [-0.4, -0.2) is 28.8 Å². The highest BCUT2D eigenvalue weighted by Crippen LogP contribution is 2.45. The van der Waals surface area contributed by atoms with Crippen LogP contribution >= 0.6 is 11.3 Å². The Kier molecular flexibility index (Phi) is 5.22. The molecule has 0 bridgehead atoms. The van der Waals surface area contributed by atoms with Gasteiger partial charge in [-0.25, -0.2) is 9.78 Å². The van der Waals surface area contributed by atoms with Crippen LogP contribution in [0.1, 0.15) is 43.7 Å². The number of nitrogens with one attached hydrogen (secondary N) is 2. The second-order valence-electron chi connectivity index (χ2n) is 6.28. The first kappa shape index (κ1) is 16.2. The Morgan fingerprint density at radius 1 is 1.52 bits per heavy atom. The maximum atomic E-state index is 12.1. The van der Waals surface area contributed by atoms with Gasteiger partial charge in [0.2, 0.25) is 0 Å². The quantitative estimate of drug-likeness (QED) is 0.755. The van der Waals surface area contributed by atoms with Crippen molar-refractivity contribution in [3.05, 3.63) is 16.1 Å². The molecule has 1 aromatic heterocycles. The van der Waals surface area contributed by atoms with Crippen molar-refractivity contribution in [3.8, 4) is 0 Å². The smallest absolute Gasteiger partial charge is 0.315 e. The number of hydrogen-bond donors (Lipinski definition) is 3. The van der Waals surface area contributed by atoms with Crippen LogP contribution in [0.3, 0.4) is 0 Å². The zero-order valence-corrected chi connectivity index (χ0v) is 13.8. The van der Waals surface area contributed by atoms with Gasteiger partial charge in [-0.3, -0.25) is 0 Å². The third-order valence-corrected chi connectivity index (χ3v) is 5.47. The number of carbonyl (C=O) groups excluding carboxylic acids is 1. The van der Waals surface area contributed by atoms with Crippen LogP contribution in [-0.2, 0) is 6.54 Å². The number of amides is 2. The topological polar surface area (TPSA) is 74.2 Å². The van der Waals surface area contributed by atoms with Crippen LogP contribution in [0.4, 0.5) is 4.79 Å². The largest absolute Gasteiger partial charge is 0.396 e. The molecule has 0 aliphatic heterocycles. The number of rotatable bonds is 6. The molecule has 1 aromatic rings. The summed E-state index contributed by atoms with van der Waals surface area (Å²) in [5, 5.41) is 15.7. The number of nitrogens with zero attached hydrogens (tertiary/aromatic N) is 1. The minimum atomic E-state index is -0.166. The van der Waals surface area contributed by atoms with Gasteiger partial charge < -0.3 is 15.7 Å². The summed E-state index contributed by atoms with van der Waals surface area (Å²) in [5.41, 5.74) is 2.62. The van der Waals surface area contributed by atoms with E-state index in [9.17, 15) is 9.90 Å². The van der Waals surface area contributed by atoms with E-state index in [-0.39, 0.29) is 24.1 Å². The molecule has 2 rings (SSSR count). The fourth-order valence-electron chi connectivity index (χ4n) is 3.07. The molecule has 1 fully saturated rings. The maximum Gasteiger partial charge on any atom is 0.315 e. The van der Waals surface area contributed by atoms with Gasteiger partial charge in [0, 0.05) is 16.3 Å². The molecule has 6 heteroatoms. The highest BCUT2D eigenvalue weighted by molar-refractivity contribution is 7.09. The van der Waals surface area contributed by atoms with Gasteiger partial charge in [-0.15, -0.1) is 11.3 Å². The molecule has 3 N–H and O–H groups in total. The van der Waals surface area contributed by atoms with Crippen molar-refractivity contribution in [2.24, 2.45) is 11.3 Å². The van der Waals surface area contributed by atoms with E-state index in [1.54, 1.807) is 16.8 Å². The van der Waals surface area contributed by atoms with E-state index in [0.29, 0.717) is 12.5 Å². The molecule has 5 nitrogen and oxygen atoms in total. The fourth-order valence-corrected chi connectivity index (χ4v) is 3.79. The van der Waals surface area contributed by atoms with E-state index in [1.165, 1.54) is 0 Å². The Morgan fingerprint density at radius 3 is 2.67 bits per heavy atom. The van der Waals surface area contributed by atoms with Crippen molar-refractivity contribution in [2.45, 2.75) is 52.6 Å². The number of urea groups is 1. The van der Waals surface area contributed by atoms with Crippen LogP contribution in [0, 0.1) is 18.3 Å². The third-order valence-electron chi connectivity index (χ3n) is 4.53. The summed E-state index contributed by atoms with van der Waals surface area (Å²) in [4.78, 5) is 17.4. The second-order valence-corrected chi connectivity index (χ2v) is 7.22. The number of aliphatic hydroxyl groups is 1. The molecule has 1 saturated carbocycles. The molecule has 1 aliphatic rings. The van der Waals surface area contributed by atoms with E-state index in [4.69, 9.17) is 0 Å². The molecule has 0 radical (unpaired) electrons. The van der Waals surface area contributed by atoms with Crippen molar-refractivity contribution < 1.29 is 9.90 Å². The van der Waals surface area contributed by atoms with E-state index in [2.05, 4.69) is 29.5 Å². The molecule has 21 heavy (non-hydrogen) atoms. The Bertz CT molecular complexity index is 478. The fraction of sp³-hybridized carbons (Fsp3) is 0.733. The molecule has 0 spiro atoms. The predicted octanol–water partition coefficient (Wildman–Crippen LogP) is 2.44. The maximum absolute atomic E-state index is 12.1. The first-order valence-electron chi connectivity index (χ1n) is 7.53. The number of thiazole rings is 1. The number of carbonyl (C=O) groups is 1. The van der Waals surface area contributed by atoms with Gasteiger partial charge in [0.25, 0.3) is 0 Å². The number of aromatic nitrogens is 1. The molecular formula is C15H25N3O2S. The highest BCUT2D eigenvalue weighted by atomic mass is 32.1. The van der Waals surface area contributed by atoms with Crippen molar-refractivity contribution in [2.75, 3.05) is 6.61 Å². The van der Waals surface area contributed by atoms with Gasteiger partial charge in [-0.1, -0.05) is 20.3 Å². The van der Waals surface area contributed by atoms with Crippen molar-refractivity contribution in [1.29, 1.82) is 0 Å². The molecule has 0 saturated heterocycles. The summed E-state index contributed by atoms with van der Waals surface area (Å²) >= 11 is 1.55. The average Bonchev–Trinajstić information content (AvgIpc) is 2.80. The highest BCUT2D eigenvalue weighted by Gasteiger charge is 2.45. The SMILES string of the molecule is Cc1ncsc1CNC(=O)NC(C(C)C)C1(CO)CCC1. The van der Waals surface area contributed by atoms with Gasteiger partial charge in [0.15, 0.2) is 0 Å². The molecule has 1 unspecified atom stereocenters. The standard InChI is InChI=1S/C15H25N3O2S/c1-10(2)13(15(8-19)5-4-6-15)18-14(20)16-7-12-11(3)17-9-21-12/h9-10,13,19H,4-8H2,1-3H3,(H2,16,18,20). The predicted molar refractivity (Wildman–Crippen MR) is 84.2 cm³/mol. The Balaban J connectivity index is 1.91. The Hall–Kier alpha value is -1.14. The summed E-state index contributed by atoms with van der Waals surface area (Å²) < 4.78 is 0. The van der Waals surface area contributed by atoms with Crippen LogP contribution in [0.5, 0.6) is 0 Å². The minimum Gasteiger partial charge on any atom is -0.396 e. The van der Waals surface area contributed by atoms with E-state index < -0.39 is 0 Å². The van der Waals surface area contributed by atoms with Gasteiger partial charge in [0.1, 0.15) is 0 Å². The molecule has 118 valence electrons. The third kappa shape index (κ3) is 3.55. The lowest BCUT2D eigenvalue weighted by molar-refractivity contribution is -0.00508. The number of aliphatic hydroxyl groups excluding tert-OH is 1. The average molecular weight is 311 g/mol. The Labute approximate surface area is 130 Å².